The number of carbonyl (C=O) groups is 2. The van der Waals surface area contributed by atoms with Crippen LogP contribution in [0.15, 0.2) is 84.6 Å². The van der Waals surface area contributed by atoms with E-state index in [9.17, 15) is 14.7 Å². The number of nitrogens with zero attached hydrogens (tertiary/aromatic N) is 1. The van der Waals surface area contributed by atoms with E-state index in [1.54, 1.807) is 29.2 Å². The molecule has 1 aromatic heterocycles. The maximum absolute atomic E-state index is 13.3. The van der Waals surface area contributed by atoms with Gasteiger partial charge in [0, 0.05) is 34.2 Å². The quantitative estimate of drug-likeness (QED) is 0.176. The Bertz CT molecular complexity index is 1510. The molecule has 5 nitrogen and oxygen atoms in total. The van der Waals surface area contributed by atoms with Gasteiger partial charge < -0.3 is 15.0 Å². The fourth-order valence-corrected chi connectivity index (χ4v) is 5.09. The molecule has 1 unspecified atom stereocenters. The number of aliphatic hydroxyl groups excluding tert-OH is 1. The zero-order valence-electron chi connectivity index (χ0n) is 21.1. The summed E-state index contributed by atoms with van der Waals surface area (Å²) in [4.78, 5) is 31.5. The minimum absolute atomic E-state index is 0.0427. The Morgan fingerprint density at radius 1 is 0.973 bits per heavy atom. The maximum atomic E-state index is 13.3. The Kier molecular flexibility index (Phi) is 6.42. The standard InChI is InChI=1S/C31H29ClN2O3/c1-31(2,3)22-12-8-19(9-13-22)27-26(28(35)20-10-14-23(32)15-11-20)29(36)30(37)34(27)17-16-21-18-33-25-7-5-4-6-24(21)25/h4-15,18,27,33,35H,16-17H2,1-3H3. The molecule has 0 radical (unpaired) electrons. The van der Waals surface area contributed by atoms with Crippen molar-refractivity contribution >= 4 is 40.0 Å². The number of Topliss-reactive ketones (excluding diaryl/α,β-unsaturated/α-hetero) is 1. The summed E-state index contributed by atoms with van der Waals surface area (Å²) in [7, 11) is 0. The van der Waals surface area contributed by atoms with Gasteiger partial charge in [0.2, 0.25) is 0 Å². The number of hydrogen-bond acceptors (Lipinski definition) is 3. The monoisotopic (exact) mass is 512 g/mol. The third kappa shape index (κ3) is 4.67. The number of halogens is 1. The third-order valence-corrected chi connectivity index (χ3v) is 7.30. The number of aromatic nitrogens is 1. The molecule has 1 aliphatic rings. The molecule has 0 bridgehead atoms. The van der Waals surface area contributed by atoms with Gasteiger partial charge >= 0.3 is 0 Å². The predicted molar refractivity (Wildman–Crippen MR) is 148 cm³/mol. The SMILES string of the molecule is CC(C)(C)c1ccc(C2C(=C(O)c3ccc(Cl)cc3)C(=O)C(=O)N2CCc2c[nH]c3ccccc23)cc1. The van der Waals surface area contributed by atoms with Crippen LogP contribution in [0.25, 0.3) is 16.7 Å². The summed E-state index contributed by atoms with van der Waals surface area (Å²) < 4.78 is 0. The normalized spacial score (nSPS) is 17.6. The van der Waals surface area contributed by atoms with Crippen LogP contribution >= 0.6 is 11.6 Å². The lowest BCUT2D eigenvalue weighted by Crippen LogP contribution is -2.31. The van der Waals surface area contributed by atoms with Crippen LogP contribution in [0, 0.1) is 0 Å². The second-order valence-corrected chi connectivity index (χ2v) is 10.9. The second kappa shape index (κ2) is 9.56. The number of amides is 1. The molecule has 1 fully saturated rings. The van der Waals surface area contributed by atoms with E-state index in [1.165, 1.54) is 0 Å². The average Bonchev–Trinajstić information content (AvgIpc) is 3.41. The molecule has 4 aromatic rings. The van der Waals surface area contributed by atoms with Crippen LogP contribution in [0.5, 0.6) is 0 Å². The number of likely N-dealkylation sites (tertiary alicyclic amines) is 1. The highest BCUT2D eigenvalue weighted by Crippen LogP contribution is 2.40. The summed E-state index contributed by atoms with van der Waals surface area (Å²) in [6.45, 7) is 6.73. The third-order valence-electron chi connectivity index (χ3n) is 7.05. The molecule has 1 atom stereocenters. The number of H-pyrrole nitrogens is 1. The highest BCUT2D eigenvalue weighted by molar-refractivity contribution is 6.46. The van der Waals surface area contributed by atoms with Gasteiger partial charge in [-0.2, -0.15) is 0 Å². The van der Waals surface area contributed by atoms with E-state index in [1.807, 2.05) is 54.7 Å². The molecule has 37 heavy (non-hydrogen) atoms. The Morgan fingerprint density at radius 2 is 1.65 bits per heavy atom. The summed E-state index contributed by atoms with van der Waals surface area (Å²) in [5.74, 6) is -1.49. The van der Waals surface area contributed by atoms with Crippen molar-refractivity contribution in [3.8, 4) is 0 Å². The topological polar surface area (TPSA) is 73.4 Å². The number of fused-ring (bicyclic) bond motifs is 1. The fraction of sp³-hybridized carbons (Fsp3) is 0.226. The smallest absolute Gasteiger partial charge is 0.295 e. The molecular weight excluding hydrogens is 484 g/mol. The zero-order valence-corrected chi connectivity index (χ0v) is 21.8. The van der Waals surface area contributed by atoms with E-state index in [0.29, 0.717) is 23.6 Å². The molecule has 0 aliphatic carbocycles. The number of para-hydroxylation sites is 1. The Morgan fingerprint density at radius 3 is 2.32 bits per heavy atom. The first-order valence-electron chi connectivity index (χ1n) is 12.3. The molecule has 1 amide bonds. The highest BCUT2D eigenvalue weighted by Gasteiger charge is 2.46. The molecule has 6 heteroatoms. The van der Waals surface area contributed by atoms with Crippen molar-refractivity contribution < 1.29 is 14.7 Å². The molecule has 5 rings (SSSR count). The van der Waals surface area contributed by atoms with Crippen LogP contribution in [0.4, 0.5) is 0 Å². The van der Waals surface area contributed by atoms with Crippen molar-refractivity contribution in [2.24, 2.45) is 0 Å². The average molecular weight is 513 g/mol. The van der Waals surface area contributed by atoms with Crippen LogP contribution in [0.2, 0.25) is 5.02 Å². The van der Waals surface area contributed by atoms with Crippen molar-refractivity contribution in [1.29, 1.82) is 0 Å². The number of hydrogen-bond donors (Lipinski definition) is 2. The highest BCUT2D eigenvalue weighted by atomic mass is 35.5. The van der Waals surface area contributed by atoms with E-state index in [0.717, 1.165) is 27.6 Å². The lowest BCUT2D eigenvalue weighted by atomic mass is 9.85. The Balaban J connectivity index is 1.57. The summed E-state index contributed by atoms with van der Waals surface area (Å²) in [5.41, 5.74) is 4.50. The molecule has 0 spiro atoms. The van der Waals surface area contributed by atoms with Crippen molar-refractivity contribution in [3.63, 3.8) is 0 Å². The van der Waals surface area contributed by atoms with Gasteiger partial charge in [-0.15, -0.1) is 0 Å². The van der Waals surface area contributed by atoms with Gasteiger partial charge in [-0.05, 0) is 58.9 Å². The number of aromatic amines is 1. The van der Waals surface area contributed by atoms with Crippen LogP contribution in [0.1, 0.15) is 49.1 Å². The van der Waals surface area contributed by atoms with E-state index in [2.05, 4.69) is 25.8 Å². The maximum Gasteiger partial charge on any atom is 0.295 e. The molecule has 0 saturated carbocycles. The Labute approximate surface area is 221 Å². The van der Waals surface area contributed by atoms with Crippen LogP contribution in [0.3, 0.4) is 0 Å². The first-order valence-corrected chi connectivity index (χ1v) is 12.7. The van der Waals surface area contributed by atoms with Gasteiger partial charge in [0.15, 0.2) is 0 Å². The number of nitrogens with one attached hydrogen (secondary N) is 1. The van der Waals surface area contributed by atoms with Gasteiger partial charge in [0.05, 0.1) is 11.6 Å². The van der Waals surface area contributed by atoms with Crippen molar-refractivity contribution in [3.05, 3.63) is 112 Å². The second-order valence-electron chi connectivity index (χ2n) is 10.5. The number of aliphatic hydroxyl groups is 1. The number of benzene rings is 3. The molecule has 1 aliphatic heterocycles. The molecule has 1 saturated heterocycles. The van der Waals surface area contributed by atoms with Crippen molar-refractivity contribution in [1.82, 2.24) is 9.88 Å². The van der Waals surface area contributed by atoms with Crippen LogP contribution in [-0.4, -0.2) is 33.2 Å². The first kappa shape index (κ1) is 24.8. The zero-order chi connectivity index (χ0) is 26.3. The van der Waals surface area contributed by atoms with Gasteiger partial charge in [0.25, 0.3) is 11.7 Å². The van der Waals surface area contributed by atoms with Crippen LogP contribution < -0.4 is 0 Å². The predicted octanol–water partition coefficient (Wildman–Crippen LogP) is 6.78. The largest absolute Gasteiger partial charge is 0.507 e. The van der Waals surface area contributed by atoms with Crippen LogP contribution in [-0.2, 0) is 21.4 Å². The number of rotatable bonds is 5. The summed E-state index contributed by atoms with van der Waals surface area (Å²) in [6, 6.07) is 21.8. The van der Waals surface area contributed by atoms with Gasteiger partial charge in [-0.3, -0.25) is 9.59 Å². The molecule has 2 heterocycles. The first-order chi connectivity index (χ1) is 17.6. The summed E-state index contributed by atoms with van der Waals surface area (Å²) in [6.07, 6.45) is 2.51. The molecule has 2 N–H and O–H groups in total. The lowest BCUT2D eigenvalue weighted by molar-refractivity contribution is -0.139. The minimum atomic E-state index is -0.699. The molecule has 3 aromatic carbocycles. The Hall–Kier alpha value is -3.83. The minimum Gasteiger partial charge on any atom is -0.507 e. The number of carbonyl (C=O) groups excluding carboxylic acids is 2. The lowest BCUT2D eigenvalue weighted by Gasteiger charge is -2.26. The van der Waals surface area contributed by atoms with E-state index in [4.69, 9.17) is 11.6 Å². The van der Waals surface area contributed by atoms with E-state index in [-0.39, 0.29) is 16.7 Å². The van der Waals surface area contributed by atoms with E-state index >= 15 is 0 Å². The van der Waals surface area contributed by atoms with Crippen molar-refractivity contribution in [2.75, 3.05) is 6.54 Å². The summed E-state index contributed by atoms with van der Waals surface area (Å²) in [5, 5.41) is 12.9. The molecular formula is C31H29ClN2O3. The number of ketones is 1. The van der Waals surface area contributed by atoms with Gasteiger partial charge in [-0.1, -0.05) is 74.8 Å². The van der Waals surface area contributed by atoms with Crippen molar-refractivity contribution in [2.45, 2.75) is 38.6 Å². The fourth-order valence-electron chi connectivity index (χ4n) is 4.97. The van der Waals surface area contributed by atoms with Gasteiger partial charge in [-0.25, -0.2) is 0 Å². The van der Waals surface area contributed by atoms with Gasteiger partial charge in [0.1, 0.15) is 5.76 Å². The summed E-state index contributed by atoms with van der Waals surface area (Å²) >= 11 is 6.03. The van der Waals surface area contributed by atoms with E-state index < -0.39 is 17.7 Å². The molecule has 188 valence electrons.